The van der Waals surface area contributed by atoms with E-state index in [0.717, 1.165) is 37.4 Å². The number of hydrogen-bond acceptors (Lipinski definition) is 6. The van der Waals surface area contributed by atoms with Crippen LogP contribution in [-0.2, 0) is 14.3 Å². The highest BCUT2D eigenvalue weighted by atomic mass is 16.7. The van der Waals surface area contributed by atoms with Gasteiger partial charge in [0.15, 0.2) is 17.8 Å². The van der Waals surface area contributed by atoms with Gasteiger partial charge >= 0.3 is 0 Å². The van der Waals surface area contributed by atoms with Gasteiger partial charge < -0.3 is 24.3 Å². The molecule has 0 saturated carbocycles. The molecule has 1 unspecified atom stereocenters. The molecule has 3 heterocycles. The van der Waals surface area contributed by atoms with Crippen LogP contribution in [0.1, 0.15) is 12.8 Å². The minimum absolute atomic E-state index is 0.0271. The summed E-state index contributed by atoms with van der Waals surface area (Å²) in [6.45, 7) is 4.52. The molecule has 4 rings (SSSR count). The number of piperidine rings is 1. The van der Waals surface area contributed by atoms with E-state index in [1.54, 1.807) is 0 Å². The Morgan fingerprint density at radius 1 is 1.12 bits per heavy atom. The molecule has 1 atom stereocenters. The number of likely N-dealkylation sites (tertiary alicyclic amines) is 1. The lowest BCUT2D eigenvalue weighted by molar-refractivity contribution is -0.124. The Bertz CT molecular complexity index is 612. The molecule has 3 aliphatic rings. The van der Waals surface area contributed by atoms with Crippen LogP contribution in [-0.4, -0.2) is 69.2 Å². The van der Waals surface area contributed by atoms with Crippen LogP contribution in [0, 0.1) is 5.92 Å². The number of carbonyl (C=O) groups is 1. The average molecular weight is 362 g/mol. The Balaban J connectivity index is 1.16. The zero-order chi connectivity index (χ0) is 17.8. The third-order valence-corrected chi connectivity index (χ3v) is 5.13. The third-order valence-electron chi connectivity index (χ3n) is 5.13. The first-order valence-corrected chi connectivity index (χ1v) is 9.38. The van der Waals surface area contributed by atoms with Crippen LogP contribution >= 0.6 is 0 Å². The molecule has 0 radical (unpaired) electrons. The van der Waals surface area contributed by atoms with E-state index < -0.39 is 0 Å². The number of nitrogens with zero attached hydrogens (tertiary/aromatic N) is 1. The molecule has 2 fully saturated rings. The SMILES string of the molecule is O=C(CN1CCC(C2OCCO2)CC1)NCC1COc2ccccc2O1. The minimum Gasteiger partial charge on any atom is -0.486 e. The third kappa shape index (κ3) is 4.28. The molecule has 1 amide bonds. The van der Waals surface area contributed by atoms with Crippen molar-refractivity contribution < 1.29 is 23.7 Å². The number of ether oxygens (including phenoxy) is 4. The van der Waals surface area contributed by atoms with Crippen LogP contribution in [0.25, 0.3) is 0 Å². The molecule has 26 heavy (non-hydrogen) atoms. The summed E-state index contributed by atoms with van der Waals surface area (Å²) in [4.78, 5) is 14.4. The summed E-state index contributed by atoms with van der Waals surface area (Å²) in [6, 6.07) is 7.59. The zero-order valence-electron chi connectivity index (χ0n) is 14.9. The first-order chi connectivity index (χ1) is 12.8. The van der Waals surface area contributed by atoms with Gasteiger partial charge in [0.2, 0.25) is 5.91 Å². The number of carbonyl (C=O) groups excluding carboxylic acids is 1. The van der Waals surface area contributed by atoms with E-state index in [-0.39, 0.29) is 18.3 Å². The van der Waals surface area contributed by atoms with Crippen molar-refractivity contribution in [2.75, 3.05) is 46.0 Å². The molecule has 0 aliphatic carbocycles. The normalized spacial score (nSPS) is 24.5. The molecular formula is C19H26N2O5. The predicted molar refractivity (Wildman–Crippen MR) is 94.2 cm³/mol. The first kappa shape index (κ1) is 17.6. The first-order valence-electron chi connectivity index (χ1n) is 9.38. The molecule has 142 valence electrons. The Kier molecular flexibility index (Phi) is 5.57. The molecule has 1 aromatic rings. The lowest BCUT2D eigenvalue weighted by atomic mass is 9.96. The fourth-order valence-electron chi connectivity index (χ4n) is 3.68. The van der Waals surface area contributed by atoms with E-state index in [4.69, 9.17) is 18.9 Å². The number of nitrogens with one attached hydrogen (secondary N) is 1. The van der Waals surface area contributed by atoms with Gasteiger partial charge in [0.1, 0.15) is 12.7 Å². The van der Waals surface area contributed by atoms with Gasteiger partial charge in [-0.25, -0.2) is 0 Å². The van der Waals surface area contributed by atoms with E-state index >= 15 is 0 Å². The molecule has 3 aliphatic heterocycles. The highest BCUT2D eigenvalue weighted by Crippen LogP contribution is 2.30. The van der Waals surface area contributed by atoms with Crippen molar-refractivity contribution in [1.82, 2.24) is 10.2 Å². The molecular weight excluding hydrogens is 336 g/mol. The molecule has 7 nitrogen and oxygen atoms in total. The van der Waals surface area contributed by atoms with Crippen LogP contribution in [0.3, 0.4) is 0 Å². The Morgan fingerprint density at radius 2 is 1.85 bits per heavy atom. The van der Waals surface area contributed by atoms with Crippen molar-refractivity contribution in [3.05, 3.63) is 24.3 Å². The highest BCUT2D eigenvalue weighted by Gasteiger charge is 2.31. The molecule has 7 heteroatoms. The van der Waals surface area contributed by atoms with Crippen molar-refractivity contribution in [3.8, 4) is 11.5 Å². The monoisotopic (exact) mass is 362 g/mol. The summed E-state index contributed by atoms with van der Waals surface area (Å²) in [5.74, 6) is 1.97. The van der Waals surface area contributed by atoms with Crippen LogP contribution in [0.4, 0.5) is 0 Å². The molecule has 0 spiro atoms. The van der Waals surface area contributed by atoms with Crippen molar-refractivity contribution in [2.45, 2.75) is 25.2 Å². The van der Waals surface area contributed by atoms with Crippen molar-refractivity contribution in [1.29, 1.82) is 0 Å². The fourth-order valence-corrected chi connectivity index (χ4v) is 3.68. The van der Waals surface area contributed by atoms with E-state index in [1.165, 1.54) is 0 Å². The smallest absolute Gasteiger partial charge is 0.234 e. The summed E-state index contributed by atoms with van der Waals surface area (Å²) in [5, 5.41) is 2.96. The summed E-state index contributed by atoms with van der Waals surface area (Å²) in [6.07, 6.45) is 1.82. The Labute approximate surface area is 153 Å². The van der Waals surface area contributed by atoms with Crippen LogP contribution < -0.4 is 14.8 Å². The maximum absolute atomic E-state index is 12.2. The summed E-state index contributed by atoms with van der Waals surface area (Å²) in [5.41, 5.74) is 0. The maximum Gasteiger partial charge on any atom is 0.234 e. The highest BCUT2D eigenvalue weighted by molar-refractivity contribution is 5.78. The van der Waals surface area contributed by atoms with Gasteiger partial charge in [-0.05, 0) is 38.1 Å². The van der Waals surface area contributed by atoms with Gasteiger partial charge in [0.05, 0.1) is 26.3 Å². The second-order valence-corrected chi connectivity index (χ2v) is 7.03. The number of fused-ring (bicyclic) bond motifs is 1. The Hall–Kier alpha value is -1.83. The number of benzene rings is 1. The standard InChI is InChI=1S/C19H26N2O5/c22-18(12-21-7-5-14(6-8-21)19-23-9-10-24-19)20-11-15-13-25-16-3-1-2-4-17(16)26-15/h1-4,14-15,19H,5-13H2,(H,20,22). The van der Waals surface area contributed by atoms with Gasteiger partial charge in [-0.15, -0.1) is 0 Å². The minimum atomic E-state index is -0.156. The van der Waals surface area contributed by atoms with E-state index in [2.05, 4.69) is 10.2 Å². The second kappa shape index (κ2) is 8.24. The van der Waals surface area contributed by atoms with Gasteiger partial charge in [0, 0.05) is 5.92 Å². The van der Waals surface area contributed by atoms with Crippen molar-refractivity contribution in [2.24, 2.45) is 5.92 Å². The largest absolute Gasteiger partial charge is 0.486 e. The predicted octanol–water partition coefficient (Wildman–Crippen LogP) is 1.03. The molecule has 2 saturated heterocycles. The number of hydrogen-bond donors (Lipinski definition) is 1. The fraction of sp³-hybridized carbons (Fsp3) is 0.632. The van der Waals surface area contributed by atoms with Crippen molar-refractivity contribution in [3.63, 3.8) is 0 Å². The maximum atomic E-state index is 12.2. The number of para-hydroxylation sites is 2. The second-order valence-electron chi connectivity index (χ2n) is 7.03. The Morgan fingerprint density at radius 3 is 2.62 bits per heavy atom. The lowest BCUT2D eigenvalue weighted by Crippen LogP contribution is -2.46. The molecule has 0 aromatic heterocycles. The van der Waals surface area contributed by atoms with Gasteiger partial charge in [-0.1, -0.05) is 12.1 Å². The van der Waals surface area contributed by atoms with Crippen LogP contribution in [0.2, 0.25) is 0 Å². The van der Waals surface area contributed by atoms with E-state index in [0.29, 0.717) is 38.8 Å². The van der Waals surface area contributed by atoms with Crippen LogP contribution in [0.15, 0.2) is 24.3 Å². The topological polar surface area (TPSA) is 69.3 Å². The van der Waals surface area contributed by atoms with Gasteiger partial charge in [0.25, 0.3) is 0 Å². The molecule has 0 bridgehead atoms. The zero-order valence-corrected chi connectivity index (χ0v) is 14.9. The quantitative estimate of drug-likeness (QED) is 0.844. The lowest BCUT2D eigenvalue weighted by Gasteiger charge is -2.33. The average Bonchev–Trinajstić information content (AvgIpc) is 3.22. The number of rotatable bonds is 5. The summed E-state index contributed by atoms with van der Waals surface area (Å²) in [7, 11) is 0. The summed E-state index contributed by atoms with van der Waals surface area (Å²) < 4.78 is 22.7. The summed E-state index contributed by atoms with van der Waals surface area (Å²) >= 11 is 0. The van der Waals surface area contributed by atoms with Crippen molar-refractivity contribution >= 4 is 5.91 Å². The number of amides is 1. The molecule has 1 aromatic carbocycles. The van der Waals surface area contributed by atoms with Gasteiger partial charge in [-0.2, -0.15) is 0 Å². The van der Waals surface area contributed by atoms with Crippen LogP contribution in [0.5, 0.6) is 11.5 Å². The van der Waals surface area contributed by atoms with E-state index in [9.17, 15) is 4.79 Å². The molecule has 1 N–H and O–H groups in total. The van der Waals surface area contributed by atoms with Gasteiger partial charge in [-0.3, -0.25) is 9.69 Å². The van der Waals surface area contributed by atoms with E-state index in [1.807, 2.05) is 24.3 Å².